The molecule has 1 aromatic carbocycles. The first kappa shape index (κ1) is 12.5. The number of nitrogen functional groups attached to an aromatic ring is 1. The zero-order valence-corrected chi connectivity index (χ0v) is 12.7. The van der Waals surface area contributed by atoms with E-state index in [0.29, 0.717) is 6.04 Å². The van der Waals surface area contributed by atoms with Crippen LogP contribution in [-0.2, 0) is 0 Å². The van der Waals surface area contributed by atoms with E-state index in [2.05, 4.69) is 44.9 Å². The molecule has 0 aliphatic carbocycles. The normalized spacial score (nSPS) is 28.1. The summed E-state index contributed by atoms with van der Waals surface area (Å²) in [6.07, 6.45) is 5.26. The topological polar surface area (TPSA) is 41.3 Å². The van der Waals surface area contributed by atoms with Crippen molar-refractivity contribution in [1.29, 1.82) is 0 Å². The summed E-state index contributed by atoms with van der Waals surface area (Å²) >= 11 is 2.30. The van der Waals surface area contributed by atoms with Crippen LogP contribution in [-0.4, -0.2) is 30.1 Å². The number of piperidine rings is 1. The summed E-state index contributed by atoms with van der Waals surface area (Å²) in [5.74, 6) is 0. The highest BCUT2D eigenvalue weighted by Crippen LogP contribution is 2.30. The lowest BCUT2D eigenvalue weighted by Crippen LogP contribution is -2.42. The number of nitrogens with two attached hydrogens (primary N) is 1. The third-order valence-corrected chi connectivity index (χ3v) is 4.86. The number of hydrogen-bond donors (Lipinski definition) is 2. The number of hydrogen-bond acceptors (Lipinski definition) is 3. The smallest absolute Gasteiger partial charge is 0.0576 e. The minimum atomic E-state index is 0.590. The Morgan fingerprint density at radius 1 is 1.28 bits per heavy atom. The van der Waals surface area contributed by atoms with E-state index >= 15 is 0 Å². The van der Waals surface area contributed by atoms with Crippen LogP contribution in [0.3, 0.4) is 0 Å². The monoisotopic (exact) mass is 357 g/mol. The van der Waals surface area contributed by atoms with Crippen molar-refractivity contribution in [3.05, 3.63) is 21.8 Å². The van der Waals surface area contributed by atoms with E-state index in [0.717, 1.165) is 17.4 Å². The van der Waals surface area contributed by atoms with Crippen molar-refractivity contribution in [2.24, 2.45) is 0 Å². The molecule has 2 aliphatic rings. The maximum Gasteiger partial charge on any atom is 0.0576 e. The molecule has 2 unspecified atom stereocenters. The zero-order chi connectivity index (χ0) is 12.5. The van der Waals surface area contributed by atoms with Gasteiger partial charge in [-0.1, -0.05) is 0 Å². The van der Waals surface area contributed by atoms with Gasteiger partial charge >= 0.3 is 0 Å². The fraction of sp³-hybridized carbons (Fsp3) is 0.571. The van der Waals surface area contributed by atoms with Crippen LogP contribution in [0.1, 0.15) is 25.7 Å². The van der Waals surface area contributed by atoms with Gasteiger partial charge in [-0.3, -0.25) is 0 Å². The molecule has 0 spiro atoms. The second-order valence-electron chi connectivity index (χ2n) is 5.43. The Morgan fingerprint density at radius 2 is 2.17 bits per heavy atom. The summed E-state index contributed by atoms with van der Waals surface area (Å²) in [6.45, 7) is 2.55. The largest absolute Gasteiger partial charge is 0.397 e. The van der Waals surface area contributed by atoms with Crippen LogP contribution >= 0.6 is 22.6 Å². The van der Waals surface area contributed by atoms with Gasteiger partial charge in [0.1, 0.15) is 0 Å². The first-order valence-corrected chi connectivity index (χ1v) is 7.86. The Hall–Kier alpha value is -0.490. The summed E-state index contributed by atoms with van der Waals surface area (Å²) in [5.41, 5.74) is 8.04. The Kier molecular flexibility index (Phi) is 3.66. The van der Waals surface area contributed by atoms with Gasteiger partial charge in [0.15, 0.2) is 0 Å². The van der Waals surface area contributed by atoms with E-state index in [1.54, 1.807) is 0 Å². The van der Waals surface area contributed by atoms with Crippen LogP contribution in [0.5, 0.6) is 0 Å². The van der Waals surface area contributed by atoms with Crippen molar-refractivity contribution in [2.75, 3.05) is 24.1 Å². The maximum absolute atomic E-state index is 6.07. The van der Waals surface area contributed by atoms with Crippen LogP contribution in [0.25, 0.3) is 0 Å². The predicted octanol–water partition coefficient (Wildman–Crippen LogP) is 2.91. The number of nitrogens with one attached hydrogen (secondary N) is 1. The highest BCUT2D eigenvalue weighted by molar-refractivity contribution is 14.1. The predicted molar refractivity (Wildman–Crippen MR) is 84.8 cm³/mol. The standard InChI is InChI=1S/C14H20IN3/c15-10-3-4-14(13(16)8-10)17-11-5-7-18-6-1-2-12(18)9-11/h3-4,8,11-12,17H,1-2,5-7,9,16H2. The van der Waals surface area contributed by atoms with Crippen LogP contribution in [0.4, 0.5) is 11.4 Å². The minimum absolute atomic E-state index is 0.590. The molecule has 18 heavy (non-hydrogen) atoms. The maximum atomic E-state index is 6.07. The van der Waals surface area contributed by atoms with Gasteiger partial charge in [0.05, 0.1) is 11.4 Å². The van der Waals surface area contributed by atoms with E-state index in [1.165, 1.54) is 42.3 Å². The third kappa shape index (κ3) is 2.59. The average molecular weight is 357 g/mol. The summed E-state index contributed by atoms with van der Waals surface area (Å²) in [6, 6.07) is 7.66. The summed E-state index contributed by atoms with van der Waals surface area (Å²) in [4.78, 5) is 2.65. The molecule has 3 N–H and O–H groups in total. The zero-order valence-electron chi connectivity index (χ0n) is 10.5. The van der Waals surface area contributed by atoms with Gasteiger partial charge in [-0.15, -0.1) is 0 Å². The van der Waals surface area contributed by atoms with Crippen LogP contribution < -0.4 is 11.1 Å². The van der Waals surface area contributed by atoms with Crippen LogP contribution in [0.2, 0.25) is 0 Å². The number of fused-ring (bicyclic) bond motifs is 1. The van der Waals surface area contributed by atoms with Gasteiger partial charge in [0, 0.05) is 22.2 Å². The minimum Gasteiger partial charge on any atom is -0.397 e. The van der Waals surface area contributed by atoms with Crippen molar-refractivity contribution in [2.45, 2.75) is 37.8 Å². The molecule has 2 saturated heterocycles. The molecule has 2 aliphatic heterocycles. The Balaban J connectivity index is 1.66. The highest BCUT2D eigenvalue weighted by Gasteiger charge is 2.31. The fourth-order valence-electron chi connectivity index (χ4n) is 3.24. The lowest BCUT2D eigenvalue weighted by Gasteiger charge is -2.35. The van der Waals surface area contributed by atoms with E-state index in [9.17, 15) is 0 Å². The van der Waals surface area contributed by atoms with Gasteiger partial charge in [-0.25, -0.2) is 0 Å². The molecule has 98 valence electrons. The average Bonchev–Trinajstić information content (AvgIpc) is 2.80. The molecule has 2 fully saturated rings. The van der Waals surface area contributed by atoms with Crippen LogP contribution in [0.15, 0.2) is 18.2 Å². The highest BCUT2D eigenvalue weighted by atomic mass is 127. The molecule has 2 atom stereocenters. The number of anilines is 2. The van der Waals surface area contributed by atoms with Crippen molar-refractivity contribution in [1.82, 2.24) is 4.90 Å². The van der Waals surface area contributed by atoms with Gasteiger partial charge in [-0.2, -0.15) is 0 Å². The van der Waals surface area contributed by atoms with Gasteiger partial charge in [0.25, 0.3) is 0 Å². The first-order chi connectivity index (χ1) is 8.72. The van der Waals surface area contributed by atoms with E-state index in [4.69, 9.17) is 5.73 Å². The SMILES string of the molecule is Nc1cc(I)ccc1NC1CCN2CCCC2C1. The molecular weight excluding hydrogens is 337 g/mol. The first-order valence-electron chi connectivity index (χ1n) is 6.78. The van der Waals surface area contributed by atoms with Gasteiger partial charge in [0.2, 0.25) is 0 Å². The van der Waals surface area contributed by atoms with Crippen molar-refractivity contribution < 1.29 is 0 Å². The summed E-state index contributed by atoms with van der Waals surface area (Å²) in [7, 11) is 0. The Labute approximate surface area is 122 Å². The van der Waals surface area contributed by atoms with Crippen molar-refractivity contribution in [3.8, 4) is 0 Å². The fourth-order valence-corrected chi connectivity index (χ4v) is 3.76. The molecule has 3 nitrogen and oxygen atoms in total. The second kappa shape index (κ2) is 5.25. The van der Waals surface area contributed by atoms with Crippen LogP contribution in [0, 0.1) is 3.57 Å². The number of benzene rings is 1. The van der Waals surface area contributed by atoms with E-state index in [1.807, 2.05) is 6.07 Å². The summed E-state index contributed by atoms with van der Waals surface area (Å²) < 4.78 is 1.20. The molecule has 0 aromatic heterocycles. The molecule has 0 radical (unpaired) electrons. The summed E-state index contributed by atoms with van der Waals surface area (Å²) in [5, 5.41) is 3.63. The van der Waals surface area contributed by atoms with Crippen molar-refractivity contribution in [3.63, 3.8) is 0 Å². The van der Waals surface area contributed by atoms with E-state index < -0.39 is 0 Å². The molecule has 0 amide bonds. The molecule has 2 heterocycles. The molecule has 4 heteroatoms. The molecule has 3 rings (SSSR count). The number of halogens is 1. The Morgan fingerprint density at radius 3 is 3.00 bits per heavy atom. The lowest BCUT2D eigenvalue weighted by molar-refractivity contribution is 0.188. The number of nitrogens with zero attached hydrogens (tertiary/aromatic N) is 1. The third-order valence-electron chi connectivity index (χ3n) is 4.19. The molecular formula is C14H20IN3. The van der Waals surface area contributed by atoms with Crippen molar-refractivity contribution >= 4 is 34.0 Å². The quantitative estimate of drug-likeness (QED) is 0.632. The molecule has 0 bridgehead atoms. The van der Waals surface area contributed by atoms with E-state index in [-0.39, 0.29) is 0 Å². The van der Waals surface area contributed by atoms with Gasteiger partial charge < -0.3 is 16.0 Å². The molecule has 0 saturated carbocycles. The number of rotatable bonds is 2. The van der Waals surface area contributed by atoms with Gasteiger partial charge in [-0.05, 0) is 73.0 Å². The second-order valence-corrected chi connectivity index (χ2v) is 6.67. The Bertz CT molecular complexity index is 435. The molecule has 1 aromatic rings. The lowest BCUT2D eigenvalue weighted by atomic mass is 9.97.